The van der Waals surface area contributed by atoms with Crippen LogP contribution >= 0.6 is 15.9 Å². The molecule has 1 aliphatic rings. The smallest absolute Gasteiger partial charge is 0.0843 e. The summed E-state index contributed by atoms with van der Waals surface area (Å²) in [6.07, 6.45) is 4.47. The highest BCUT2D eigenvalue weighted by Gasteiger charge is 2.21. The molecule has 1 N–H and O–H groups in total. The molecule has 19 heavy (non-hydrogen) atoms. The van der Waals surface area contributed by atoms with Gasteiger partial charge >= 0.3 is 0 Å². The maximum atomic E-state index is 4.42. The largest absolute Gasteiger partial charge is 0.308 e. The lowest BCUT2D eigenvalue weighted by Crippen LogP contribution is -2.19. The molecule has 2 aromatic rings. The Hall–Kier alpha value is -1.14. The standard InChI is InChI=1S/C13H18BrN5/c1-9-13(14)12(18(2)17-9)8-19-11(5-6-16-19)7-15-10-3-4-10/h5-6,10,15H,3-4,7-8H2,1-2H3. The van der Waals surface area contributed by atoms with Gasteiger partial charge in [0.1, 0.15) is 0 Å². The van der Waals surface area contributed by atoms with E-state index in [1.165, 1.54) is 18.5 Å². The number of hydrogen-bond acceptors (Lipinski definition) is 3. The minimum Gasteiger partial charge on any atom is -0.308 e. The van der Waals surface area contributed by atoms with Crippen molar-refractivity contribution in [3.8, 4) is 0 Å². The number of nitrogens with zero attached hydrogens (tertiary/aromatic N) is 4. The van der Waals surface area contributed by atoms with E-state index < -0.39 is 0 Å². The molecule has 1 fully saturated rings. The van der Waals surface area contributed by atoms with Crippen molar-refractivity contribution in [3.63, 3.8) is 0 Å². The van der Waals surface area contributed by atoms with E-state index in [9.17, 15) is 0 Å². The number of rotatable bonds is 5. The Morgan fingerprint density at radius 3 is 2.89 bits per heavy atom. The van der Waals surface area contributed by atoms with Gasteiger partial charge in [-0.2, -0.15) is 10.2 Å². The Labute approximate surface area is 121 Å². The summed E-state index contributed by atoms with van der Waals surface area (Å²) in [5, 5.41) is 12.4. The average Bonchev–Trinajstić information content (AvgIpc) is 3.06. The molecule has 3 rings (SSSR count). The van der Waals surface area contributed by atoms with Crippen LogP contribution in [0.15, 0.2) is 16.7 Å². The van der Waals surface area contributed by atoms with E-state index >= 15 is 0 Å². The maximum absolute atomic E-state index is 4.42. The van der Waals surface area contributed by atoms with E-state index in [2.05, 4.69) is 37.5 Å². The minimum atomic E-state index is 0.717. The number of aromatic nitrogens is 4. The third kappa shape index (κ3) is 2.74. The zero-order valence-corrected chi connectivity index (χ0v) is 12.8. The minimum absolute atomic E-state index is 0.717. The van der Waals surface area contributed by atoms with Crippen LogP contribution in [-0.2, 0) is 20.1 Å². The predicted molar refractivity (Wildman–Crippen MR) is 76.8 cm³/mol. The van der Waals surface area contributed by atoms with Gasteiger partial charge in [0.05, 0.1) is 28.1 Å². The Balaban J connectivity index is 1.76. The number of halogens is 1. The van der Waals surface area contributed by atoms with Crippen LogP contribution in [-0.4, -0.2) is 25.6 Å². The molecule has 6 heteroatoms. The van der Waals surface area contributed by atoms with Crippen LogP contribution in [0.4, 0.5) is 0 Å². The van der Waals surface area contributed by atoms with Crippen molar-refractivity contribution in [2.75, 3.05) is 0 Å². The van der Waals surface area contributed by atoms with Crippen molar-refractivity contribution in [1.29, 1.82) is 0 Å². The average molecular weight is 324 g/mol. The van der Waals surface area contributed by atoms with Crippen LogP contribution in [0.2, 0.25) is 0 Å². The first-order chi connectivity index (χ1) is 9.15. The second-order valence-corrected chi connectivity index (χ2v) is 5.90. The Bertz CT molecular complexity index is 582. The van der Waals surface area contributed by atoms with E-state index in [1.807, 2.05) is 29.5 Å². The van der Waals surface area contributed by atoms with Gasteiger partial charge in [-0.3, -0.25) is 9.36 Å². The molecule has 2 heterocycles. The quantitative estimate of drug-likeness (QED) is 0.915. The van der Waals surface area contributed by atoms with Crippen molar-refractivity contribution in [2.45, 2.75) is 38.9 Å². The van der Waals surface area contributed by atoms with Gasteiger partial charge in [-0.05, 0) is 41.8 Å². The molecule has 1 aliphatic carbocycles. The van der Waals surface area contributed by atoms with Gasteiger partial charge in [0, 0.05) is 25.8 Å². The van der Waals surface area contributed by atoms with Crippen LogP contribution in [0.25, 0.3) is 0 Å². The molecule has 0 bridgehead atoms. The second-order valence-electron chi connectivity index (χ2n) is 5.11. The van der Waals surface area contributed by atoms with Gasteiger partial charge in [0.25, 0.3) is 0 Å². The molecule has 0 radical (unpaired) electrons. The van der Waals surface area contributed by atoms with Crippen molar-refractivity contribution >= 4 is 15.9 Å². The van der Waals surface area contributed by atoms with E-state index in [-0.39, 0.29) is 0 Å². The molecular weight excluding hydrogens is 306 g/mol. The molecule has 1 saturated carbocycles. The van der Waals surface area contributed by atoms with Crippen LogP contribution < -0.4 is 5.32 Å². The Morgan fingerprint density at radius 1 is 1.47 bits per heavy atom. The first-order valence-electron chi connectivity index (χ1n) is 6.57. The fourth-order valence-corrected chi connectivity index (χ4v) is 2.64. The van der Waals surface area contributed by atoms with Crippen molar-refractivity contribution in [2.24, 2.45) is 7.05 Å². The summed E-state index contributed by atoms with van der Waals surface area (Å²) in [5.74, 6) is 0. The van der Waals surface area contributed by atoms with Gasteiger partial charge in [-0.1, -0.05) is 0 Å². The Kier molecular flexibility index (Phi) is 3.45. The maximum Gasteiger partial charge on any atom is 0.0843 e. The van der Waals surface area contributed by atoms with E-state index in [4.69, 9.17) is 0 Å². The third-order valence-corrected chi connectivity index (χ3v) is 4.55. The lowest BCUT2D eigenvalue weighted by molar-refractivity contribution is 0.567. The summed E-state index contributed by atoms with van der Waals surface area (Å²) in [4.78, 5) is 0. The monoisotopic (exact) mass is 323 g/mol. The molecule has 0 aliphatic heterocycles. The highest BCUT2D eigenvalue weighted by atomic mass is 79.9. The van der Waals surface area contributed by atoms with Gasteiger partial charge in [-0.15, -0.1) is 0 Å². The summed E-state index contributed by atoms with van der Waals surface area (Å²) < 4.78 is 5.03. The summed E-state index contributed by atoms with van der Waals surface area (Å²) in [5.41, 5.74) is 3.38. The molecule has 0 aromatic carbocycles. The fraction of sp³-hybridized carbons (Fsp3) is 0.538. The van der Waals surface area contributed by atoms with E-state index in [1.54, 1.807) is 0 Å². The highest BCUT2D eigenvalue weighted by molar-refractivity contribution is 9.10. The molecule has 102 valence electrons. The third-order valence-electron chi connectivity index (χ3n) is 3.51. The lowest BCUT2D eigenvalue weighted by Gasteiger charge is -2.09. The zero-order chi connectivity index (χ0) is 13.4. The SMILES string of the molecule is Cc1nn(C)c(Cn2nccc2CNC2CC2)c1Br. The molecule has 5 nitrogen and oxygen atoms in total. The summed E-state index contributed by atoms with van der Waals surface area (Å²) in [7, 11) is 1.97. The molecule has 0 amide bonds. The molecule has 0 unspecified atom stereocenters. The summed E-state index contributed by atoms with van der Waals surface area (Å²) >= 11 is 3.60. The number of hydrogen-bond donors (Lipinski definition) is 1. The van der Waals surface area contributed by atoms with Gasteiger partial charge in [0.2, 0.25) is 0 Å². The van der Waals surface area contributed by atoms with Crippen LogP contribution in [0.5, 0.6) is 0 Å². The summed E-state index contributed by atoms with van der Waals surface area (Å²) in [6, 6.07) is 2.79. The molecule has 0 spiro atoms. The zero-order valence-electron chi connectivity index (χ0n) is 11.2. The van der Waals surface area contributed by atoms with E-state index in [0.717, 1.165) is 29.0 Å². The summed E-state index contributed by atoms with van der Waals surface area (Å²) in [6.45, 7) is 3.64. The fourth-order valence-electron chi connectivity index (χ4n) is 2.18. The van der Waals surface area contributed by atoms with E-state index in [0.29, 0.717) is 6.04 Å². The van der Waals surface area contributed by atoms with Crippen molar-refractivity contribution in [1.82, 2.24) is 24.9 Å². The highest BCUT2D eigenvalue weighted by Crippen LogP contribution is 2.22. The lowest BCUT2D eigenvalue weighted by atomic mass is 10.3. The predicted octanol–water partition coefficient (Wildman–Crippen LogP) is 1.99. The molecule has 2 aromatic heterocycles. The van der Waals surface area contributed by atoms with Crippen molar-refractivity contribution < 1.29 is 0 Å². The van der Waals surface area contributed by atoms with Crippen molar-refractivity contribution in [3.05, 3.63) is 33.8 Å². The van der Waals surface area contributed by atoms with Gasteiger partial charge in [0.15, 0.2) is 0 Å². The first-order valence-corrected chi connectivity index (χ1v) is 7.36. The van der Waals surface area contributed by atoms with Gasteiger partial charge in [-0.25, -0.2) is 0 Å². The topological polar surface area (TPSA) is 47.7 Å². The van der Waals surface area contributed by atoms with Crippen LogP contribution in [0, 0.1) is 6.92 Å². The molecular formula is C13H18BrN5. The number of nitrogens with one attached hydrogen (secondary N) is 1. The van der Waals surface area contributed by atoms with Crippen LogP contribution in [0.1, 0.15) is 29.9 Å². The Morgan fingerprint density at radius 2 is 2.26 bits per heavy atom. The number of aryl methyl sites for hydroxylation is 2. The molecule has 0 atom stereocenters. The molecule has 0 saturated heterocycles. The van der Waals surface area contributed by atoms with Gasteiger partial charge < -0.3 is 5.32 Å². The van der Waals surface area contributed by atoms with Crippen LogP contribution in [0.3, 0.4) is 0 Å². The normalized spacial score (nSPS) is 15.1. The first kappa shape index (κ1) is 12.9. The second kappa shape index (κ2) is 5.09.